The van der Waals surface area contributed by atoms with Crippen LogP contribution in [0.15, 0.2) is 42.9 Å². The predicted molar refractivity (Wildman–Crippen MR) is 140 cm³/mol. The number of hydrogen-bond donors (Lipinski definition) is 0. The summed E-state index contributed by atoms with van der Waals surface area (Å²) in [5.74, 6) is 0. The molecule has 13 nitrogen and oxygen atoms in total. The zero-order chi connectivity index (χ0) is 27.8. The van der Waals surface area contributed by atoms with E-state index in [1.165, 1.54) is 23.4 Å². The number of carbonyl (C=O) groups excluding carboxylic acids is 2. The molecule has 0 aliphatic carbocycles. The van der Waals surface area contributed by atoms with E-state index in [1.54, 1.807) is 59.7 Å². The summed E-state index contributed by atoms with van der Waals surface area (Å²) in [5, 5.41) is 24.6. The van der Waals surface area contributed by atoms with Crippen LogP contribution in [0.5, 0.6) is 0 Å². The van der Waals surface area contributed by atoms with Gasteiger partial charge < -0.3 is 9.47 Å². The second-order valence-corrected chi connectivity index (χ2v) is 11.1. The van der Waals surface area contributed by atoms with E-state index in [0.717, 1.165) is 22.2 Å². The molecule has 3 heterocycles. The van der Waals surface area contributed by atoms with E-state index in [-0.39, 0.29) is 10.8 Å². The van der Waals surface area contributed by atoms with Crippen LogP contribution in [0.25, 0.3) is 21.5 Å². The molecule has 0 fully saturated rings. The smallest absolute Gasteiger partial charge is 0.435 e. The maximum absolute atomic E-state index is 13.3. The number of nitrogens with zero attached hydrogens (tertiary/aromatic N) is 7. The van der Waals surface area contributed by atoms with Crippen molar-refractivity contribution < 1.29 is 24.0 Å². The lowest BCUT2D eigenvalue weighted by molar-refractivity contribution is -0.385. The van der Waals surface area contributed by atoms with Crippen molar-refractivity contribution in [1.82, 2.24) is 25.0 Å². The Kier molecular flexibility index (Phi) is 6.84. The Balaban J connectivity index is 1.74. The Bertz CT molecular complexity index is 1530. The second kappa shape index (κ2) is 9.78. The quantitative estimate of drug-likeness (QED) is 0.232. The third-order valence-corrected chi connectivity index (χ3v) is 5.70. The molecule has 1 amide bonds. The molecule has 0 unspecified atom stereocenters. The van der Waals surface area contributed by atoms with Gasteiger partial charge in [0.05, 0.1) is 22.3 Å². The third kappa shape index (κ3) is 5.91. The highest BCUT2D eigenvalue weighted by atomic mass is 32.1. The summed E-state index contributed by atoms with van der Waals surface area (Å²) < 4.78 is 12.2. The van der Waals surface area contributed by atoms with Gasteiger partial charge in [0.15, 0.2) is 5.01 Å². The molecule has 4 aromatic rings. The van der Waals surface area contributed by atoms with Gasteiger partial charge in [-0.25, -0.2) is 14.5 Å². The van der Waals surface area contributed by atoms with E-state index in [4.69, 9.17) is 9.47 Å². The second-order valence-electron chi connectivity index (χ2n) is 10.2. The average Bonchev–Trinajstić information content (AvgIpc) is 3.44. The largest absolute Gasteiger partial charge is 0.443 e. The zero-order valence-electron chi connectivity index (χ0n) is 21.5. The molecular weight excluding hydrogens is 514 g/mol. The van der Waals surface area contributed by atoms with Crippen LogP contribution in [-0.2, 0) is 9.47 Å². The lowest BCUT2D eigenvalue weighted by Gasteiger charge is -2.25. The summed E-state index contributed by atoms with van der Waals surface area (Å²) in [6, 6.07) is 6.23. The number of carbonyl (C=O) groups is 2. The maximum atomic E-state index is 13.3. The van der Waals surface area contributed by atoms with Gasteiger partial charge in [0, 0.05) is 23.2 Å². The fourth-order valence-corrected chi connectivity index (χ4v) is 4.12. The van der Waals surface area contributed by atoms with Crippen molar-refractivity contribution in [2.75, 3.05) is 4.90 Å². The van der Waals surface area contributed by atoms with E-state index in [9.17, 15) is 19.7 Å². The minimum absolute atomic E-state index is 0.166. The Morgan fingerprint density at radius 1 is 1.00 bits per heavy atom. The van der Waals surface area contributed by atoms with Crippen molar-refractivity contribution in [2.24, 2.45) is 0 Å². The van der Waals surface area contributed by atoms with Gasteiger partial charge in [-0.2, -0.15) is 9.78 Å². The van der Waals surface area contributed by atoms with Crippen LogP contribution < -0.4 is 4.90 Å². The van der Waals surface area contributed by atoms with E-state index >= 15 is 0 Å². The molecule has 0 spiro atoms. The van der Waals surface area contributed by atoms with Crippen LogP contribution in [0.2, 0.25) is 0 Å². The highest BCUT2D eigenvalue weighted by Gasteiger charge is 2.29. The van der Waals surface area contributed by atoms with Crippen LogP contribution in [0.4, 0.5) is 26.1 Å². The monoisotopic (exact) mass is 539 g/mol. The van der Waals surface area contributed by atoms with Crippen molar-refractivity contribution in [3.63, 3.8) is 0 Å². The minimum atomic E-state index is -0.807. The highest BCUT2D eigenvalue weighted by Crippen LogP contribution is 2.36. The molecule has 0 saturated carbocycles. The zero-order valence-corrected chi connectivity index (χ0v) is 22.3. The number of amides is 1. The SMILES string of the molecule is CC(C)(C)OC(=O)N(c1ccc2c(cnn2C(=O)OC(C)(C)C)c1)c1nnc(-c2cncc([N+](=O)[O-])c2)s1. The van der Waals surface area contributed by atoms with Crippen molar-refractivity contribution in [1.29, 1.82) is 0 Å². The first-order chi connectivity index (χ1) is 17.7. The standard InChI is InChI=1S/C24H25N7O6S/c1-23(2,3)36-21(32)29(20-28-27-19(38-20)15-10-17(31(34)35)13-25-11-15)16-7-8-18-14(9-16)12-26-30(18)22(33)37-24(4,5)6/h7-13H,1-6H3. The molecule has 0 atom stereocenters. The van der Waals surface area contributed by atoms with Gasteiger partial charge in [0.1, 0.15) is 17.4 Å². The summed E-state index contributed by atoms with van der Waals surface area (Å²) in [5.41, 5.74) is -0.467. The van der Waals surface area contributed by atoms with Crippen molar-refractivity contribution in [3.8, 4) is 10.6 Å². The summed E-state index contributed by atoms with van der Waals surface area (Å²) in [7, 11) is 0. The van der Waals surface area contributed by atoms with Crippen molar-refractivity contribution in [2.45, 2.75) is 52.7 Å². The molecule has 0 aliphatic heterocycles. The van der Waals surface area contributed by atoms with Crippen molar-refractivity contribution in [3.05, 3.63) is 53.0 Å². The molecule has 0 saturated heterocycles. The fraction of sp³-hybridized carbons (Fsp3) is 0.333. The first-order valence-corrected chi connectivity index (χ1v) is 12.2. The number of aromatic nitrogens is 5. The molecule has 4 rings (SSSR count). The molecular formula is C24H25N7O6S. The third-order valence-electron chi connectivity index (χ3n) is 4.74. The Morgan fingerprint density at radius 2 is 1.71 bits per heavy atom. The number of pyridine rings is 1. The highest BCUT2D eigenvalue weighted by molar-refractivity contribution is 7.18. The van der Waals surface area contributed by atoms with E-state index in [1.807, 2.05) is 0 Å². The van der Waals surface area contributed by atoms with E-state index in [2.05, 4.69) is 20.3 Å². The normalized spacial score (nSPS) is 11.8. The van der Waals surface area contributed by atoms with Gasteiger partial charge in [-0.3, -0.25) is 15.1 Å². The summed E-state index contributed by atoms with van der Waals surface area (Å²) in [4.78, 5) is 41.6. The Hall–Kier alpha value is -4.46. The van der Waals surface area contributed by atoms with Gasteiger partial charge >= 0.3 is 12.2 Å². The number of ether oxygens (including phenoxy) is 2. The summed E-state index contributed by atoms with van der Waals surface area (Å²) in [6.07, 6.45) is 2.69. The number of benzene rings is 1. The number of rotatable bonds is 4. The van der Waals surface area contributed by atoms with Gasteiger partial charge in [-0.05, 0) is 59.7 Å². The van der Waals surface area contributed by atoms with Crippen molar-refractivity contribution >= 4 is 50.9 Å². The summed E-state index contributed by atoms with van der Waals surface area (Å²) >= 11 is 1.03. The first kappa shape index (κ1) is 26.6. The van der Waals surface area contributed by atoms with Gasteiger partial charge in [0.25, 0.3) is 5.69 Å². The van der Waals surface area contributed by atoms with Crippen LogP contribution in [-0.4, -0.2) is 53.3 Å². The van der Waals surface area contributed by atoms with Gasteiger partial charge in [-0.1, -0.05) is 11.3 Å². The number of hydrogen-bond acceptors (Lipinski definition) is 11. The van der Waals surface area contributed by atoms with Crippen LogP contribution >= 0.6 is 11.3 Å². The molecule has 0 aliphatic rings. The van der Waals surface area contributed by atoms with E-state index in [0.29, 0.717) is 27.2 Å². The first-order valence-electron chi connectivity index (χ1n) is 11.4. The molecule has 198 valence electrons. The lowest BCUT2D eigenvalue weighted by Crippen LogP contribution is -2.33. The molecule has 0 radical (unpaired) electrons. The van der Waals surface area contributed by atoms with Crippen LogP contribution in [0.1, 0.15) is 41.5 Å². The molecule has 38 heavy (non-hydrogen) atoms. The number of nitro groups is 1. The van der Waals surface area contributed by atoms with E-state index < -0.39 is 28.3 Å². The number of fused-ring (bicyclic) bond motifs is 1. The van der Waals surface area contributed by atoms with Gasteiger partial charge in [0.2, 0.25) is 5.13 Å². The Labute approximate surface area is 221 Å². The summed E-state index contributed by atoms with van der Waals surface area (Å²) in [6.45, 7) is 10.5. The molecule has 14 heteroatoms. The average molecular weight is 540 g/mol. The minimum Gasteiger partial charge on any atom is -0.443 e. The Morgan fingerprint density at radius 3 is 2.37 bits per heavy atom. The molecule has 3 aromatic heterocycles. The van der Waals surface area contributed by atoms with Crippen LogP contribution in [0.3, 0.4) is 0 Å². The number of anilines is 2. The van der Waals surface area contributed by atoms with Crippen LogP contribution in [0, 0.1) is 10.1 Å². The molecule has 0 bridgehead atoms. The fourth-order valence-electron chi connectivity index (χ4n) is 3.28. The predicted octanol–water partition coefficient (Wildman–Crippen LogP) is 5.71. The maximum Gasteiger partial charge on any atom is 0.435 e. The molecule has 0 N–H and O–H groups in total. The lowest BCUT2D eigenvalue weighted by atomic mass is 10.2. The molecule has 1 aromatic carbocycles. The van der Waals surface area contributed by atoms with Gasteiger partial charge in [-0.15, -0.1) is 10.2 Å². The topological polar surface area (TPSA) is 155 Å².